The lowest BCUT2D eigenvalue weighted by Crippen LogP contribution is -2.47. The van der Waals surface area contributed by atoms with E-state index < -0.39 is 11.6 Å². The van der Waals surface area contributed by atoms with E-state index in [0.717, 1.165) is 42.1 Å². The summed E-state index contributed by atoms with van der Waals surface area (Å²) in [5, 5.41) is 2.86. The molecule has 2 heterocycles. The fourth-order valence-electron chi connectivity index (χ4n) is 4.16. The van der Waals surface area contributed by atoms with Gasteiger partial charge in [-0.1, -0.05) is 26.7 Å². The summed E-state index contributed by atoms with van der Waals surface area (Å²) in [5.74, 6) is -0.484. The van der Waals surface area contributed by atoms with Crippen molar-refractivity contribution in [1.82, 2.24) is 14.8 Å². The number of carbonyl (C=O) groups excluding carboxylic acids is 3. The van der Waals surface area contributed by atoms with Crippen LogP contribution in [0.5, 0.6) is 0 Å². The van der Waals surface area contributed by atoms with Crippen LogP contribution < -0.4 is 5.32 Å². The zero-order chi connectivity index (χ0) is 20.9. The van der Waals surface area contributed by atoms with Gasteiger partial charge in [0.1, 0.15) is 5.54 Å². The van der Waals surface area contributed by atoms with Crippen molar-refractivity contribution in [3.8, 4) is 0 Å². The lowest BCUT2D eigenvalue weighted by atomic mass is 9.88. The number of ketones is 1. The van der Waals surface area contributed by atoms with Gasteiger partial charge in [0, 0.05) is 37.2 Å². The van der Waals surface area contributed by atoms with Crippen LogP contribution in [0.3, 0.4) is 0 Å². The van der Waals surface area contributed by atoms with E-state index in [4.69, 9.17) is 4.74 Å². The molecule has 3 amide bonds. The summed E-state index contributed by atoms with van der Waals surface area (Å²) in [4.78, 5) is 39.5. The summed E-state index contributed by atoms with van der Waals surface area (Å²) >= 11 is 0. The van der Waals surface area contributed by atoms with E-state index in [1.165, 1.54) is 0 Å². The van der Waals surface area contributed by atoms with Crippen LogP contribution in [0.1, 0.15) is 67.7 Å². The van der Waals surface area contributed by atoms with Crippen molar-refractivity contribution >= 4 is 17.7 Å². The normalized spacial score (nSPS) is 16.0. The van der Waals surface area contributed by atoms with Crippen molar-refractivity contribution in [2.75, 3.05) is 20.3 Å². The van der Waals surface area contributed by atoms with Gasteiger partial charge in [0.25, 0.3) is 5.91 Å². The van der Waals surface area contributed by atoms with Gasteiger partial charge in [0.2, 0.25) is 0 Å². The van der Waals surface area contributed by atoms with E-state index in [9.17, 15) is 14.4 Å². The molecule has 0 aromatic carbocycles. The Morgan fingerprint density at radius 2 is 1.82 bits per heavy atom. The number of aryl methyl sites for hydroxylation is 1. The van der Waals surface area contributed by atoms with Crippen LogP contribution in [0.25, 0.3) is 0 Å². The average molecular weight is 392 g/mol. The fourth-order valence-corrected chi connectivity index (χ4v) is 4.16. The van der Waals surface area contributed by atoms with Gasteiger partial charge in [-0.25, -0.2) is 4.79 Å². The van der Waals surface area contributed by atoms with E-state index in [-0.39, 0.29) is 18.2 Å². The van der Waals surface area contributed by atoms with E-state index in [1.807, 2.05) is 33.8 Å². The minimum absolute atomic E-state index is 0.210. The van der Waals surface area contributed by atoms with E-state index in [1.54, 1.807) is 7.11 Å². The molecule has 0 aliphatic carbocycles. The molecule has 0 radical (unpaired) electrons. The molecule has 1 saturated heterocycles. The standard InChI is InChI=1S/C21H33N3O4/c1-6-9-21(10-7-2)19(26)24(20(27)22-21)14-18(25)17-13-15(3)23(16(17)4)11-8-12-28-5/h13H,6-12,14H2,1-5H3,(H,22,27). The van der Waals surface area contributed by atoms with Crippen LogP contribution in [-0.2, 0) is 16.1 Å². The number of ether oxygens (including phenoxy) is 1. The van der Waals surface area contributed by atoms with Crippen molar-refractivity contribution in [3.05, 3.63) is 23.0 Å². The maximum absolute atomic E-state index is 13.0. The lowest BCUT2D eigenvalue weighted by Gasteiger charge is -2.25. The smallest absolute Gasteiger partial charge is 0.325 e. The first kappa shape index (κ1) is 22.1. The molecule has 1 N–H and O–H groups in total. The highest BCUT2D eigenvalue weighted by Crippen LogP contribution is 2.28. The third-order valence-corrected chi connectivity index (χ3v) is 5.51. The summed E-state index contributed by atoms with van der Waals surface area (Å²) in [6.07, 6.45) is 3.60. The summed E-state index contributed by atoms with van der Waals surface area (Å²) in [6.45, 7) is 9.03. The number of hydrogen-bond acceptors (Lipinski definition) is 4. The Labute approximate surface area is 167 Å². The zero-order valence-corrected chi connectivity index (χ0v) is 17.8. The number of hydrogen-bond donors (Lipinski definition) is 1. The molecule has 0 atom stereocenters. The second kappa shape index (κ2) is 9.37. The van der Waals surface area contributed by atoms with Crippen LogP contribution >= 0.6 is 0 Å². The summed E-state index contributed by atoms with van der Waals surface area (Å²) in [6, 6.07) is 1.38. The minimum atomic E-state index is -0.863. The first-order valence-electron chi connectivity index (χ1n) is 10.1. The molecule has 2 rings (SSSR count). The number of imide groups is 1. The third kappa shape index (κ3) is 4.29. The Bertz CT molecular complexity index is 732. The predicted octanol–water partition coefficient (Wildman–Crippen LogP) is 3.21. The number of urea groups is 1. The van der Waals surface area contributed by atoms with Crippen LogP contribution in [0.15, 0.2) is 6.07 Å². The Hall–Kier alpha value is -2.15. The molecular formula is C21H33N3O4. The highest BCUT2D eigenvalue weighted by Gasteiger charge is 2.50. The molecule has 0 bridgehead atoms. The molecule has 156 valence electrons. The molecule has 1 fully saturated rings. The van der Waals surface area contributed by atoms with Crippen LogP contribution in [-0.4, -0.2) is 53.0 Å². The number of rotatable bonds is 11. The van der Waals surface area contributed by atoms with Crippen molar-refractivity contribution in [1.29, 1.82) is 0 Å². The van der Waals surface area contributed by atoms with Crippen molar-refractivity contribution in [2.24, 2.45) is 0 Å². The Morgan fingerprint density at radius 3 is 2.39 bits per heavy atom. The molecule has 0 spiro atoms. The highest BCUT2D eigenvalue weighted by atomic mass is 16.5. The van der Waals surface area contributed by atoms with Gasteiger partial charge in [0.15, 0.2) is 5.78 Å². The molecule has 28 heavy (non-hydrogen) atoms. The quantitative estimate of drug-likeness (QED) is 0.357. The van der Waals surface area contributed by atoms with Crippen LogP contribution in [0, 0.1) is 13.8 Å². The van der Waals surface area contributed by atoms with Gasteiger partial charge in [-0.15, -0.1) is 0 Å². The first-order chi connectivity index (χ1) is 13.3. The van der Waals surface area contributed by atoms with Crippen molar-refractivity contribution in [3.63, 3.8) is 0 Å². The second-order valence-corrected chi connectivity index (χ2v) is 7.61. The molecule has 1 aliphatic rings. The number of Topliss-reactive ketones (excluding diaryl/α,β-unsaturated/α-hetero) is 1. The van der Waals surface area contributed by atoms with Crippen molar-refractivity contribution < 1.29 is 19.1 Å². The largest absolute Gasteiger partial charge is 0.385 e. The topological polar surface area (TPSA) is 80.6 Å². The monoisotopic (exact) mass is 391 g/mol. The molecule has 7 heteroatoms. The minimum Gasteiger partial charge on any atom is -0.385 e. The van der Waals surface area contributed by atoms with E-state index >= 15 is 0 Å². The SMILES string of the molecule is CCCC1(CCC)NC(=O)N(CC(=O)c2cc(C)n(CCCOC)c2C)C1=O. The molecule has 0 saturated carbocycles. The molecular weight excluding hydrogens is 358 g/mol. The van der Waals surface area contributed by atoms with Gasteiger partial charge in [-0.2, -0.15) is 0 Å². The molecule has 1 aliphatic heterocycles. The highest BCUT2D eigenvalue weighted by molar-refractivity contribution is 6.11. The Balaban J connectivity index is 2.17. The number of methoxy groups -OCH3 is 1. The molecule has 1 aromatic rings. The number of aromatic nitrogens is 1. The zero-order valence-electron chi connectivity index (χ0n) is 17.8. The predicted molar refractivity (Wildman–Crippen MR) is 108 cm³/mol. The second-order valence-electron chi connectivity index (χ2n) is 7.61. The van der Waals surface area contributed by atoms with E-state index in [2.05, 4.69) is 9.88 Å². The summed E-state index contributed by atoms with van der Waals surface area (Å²) in [5.41, 5.74) is 1.55. The van der Waals surface area contributed by atoms with E-state index in [0.29, 0.717) is 25.0 Å². The Morgan fingerprint density at radius 1 is 1.18 bits per heavy atom. The van der Waals surface area contributed by atoms with Crippen LogP contribution in [0.4, 0.5) is 4.79 Å². The lowest BCUT2D eigenvalue weighted by molar-refractivity contribution is -0.131. The number of nitrogens with zero attached hydrogens (tertiary/aromatic N) is 2. The maximum atomic E-state index is 13.0. The Kier molecular flexibility index (Phi) is 7.41. The van der Waals surface area contributed by atoms with Gasteiger partial charge in [0.05, 0.1) is 6.54 Å². The molecule has 7 nitrogen and oxygen atoms in total. The number of amides is 3. The summed E-state index contributed by atoms with van der Waals surface area (Å²) < 4.78 is 7.18. The number of nitrogens with one attached hydrogen (secondary N) is 1. The van der Waals surface area contributed by atoms with Crippen molar-refractivity contribution in [2.45, 2.75) is 71.9 Å². The summed E-state index contributed by atoms with van der Waals surface area (Å²) in [7, 11) is 1.67. The van der Waals surface area contributed by atoms with Gasteiger partial charge >= 0.3 is 6.03 Å². The van der Waals surface area contributed by atoms with Crippen LogP contribution in [0.2, 0.25) is 0 Å². The van der Waals surface area contributed by atoms with Gasteiger partial charge < -0.3 is 14.6 Å². The third-order valence-electron chi connectivity index (χ3n) is 5.51. The average Bonchev–Trinajstić information content (AvgIpc) is 3.05. The first-order valence-corrected chi connectivity index (χ1v) is 10.1. The fraction of sp³-hybridized carbons (Fsp3) is 0.667. The van der Waals surface area contributed by atoms with Gasteiger partial charge in [-0.05, 0) is 39.2 Å². The molecule has 1 aromatic heterocycles. The number of carbonyl (C=O) groups is 3. The maximum Gasteiger partial charge on any atom is 0.325 e. The van der Waals surface area contributed by atoms with Gasteiger partial charge in [-0.3, -0.25) is 14.5 Å². The molecule has 0 unspecified atom stereocenters.